The number of aromatic nitrogens is 3. The van der Waals surface area contributed by atoms with Crippen LogP contribution < -0.4 is 0 Å². The lowest BCUT2D eigenvalue weighted by atomic mass is 10.1. The van der Waals surface area contributed by atoms with Crippen LogP contribution in [0.1, 0.15) is 11.3 Å². The highest BCUT2D eigenvalue weighted by Gasteiger charge is 2.16. The van der Waals surface area contributed by atoms with Gasteiger partial charge in [-0.3, -0.25) is 0 Å². The molecule has 0 amide bonds. The fraction of sp³-hybridized carbons (Fsp3) is 0.125. The van der Waals surface area contributed by atoms with Crippen molar-refractivity contribution in [2.45, 2.75) is 13.5 Å². The molecule has 3 aromatic rings. The van der Waals surface area contributed by atoms with Crippen LogP contribution >= 0.6 is 0 Å². The molecule has 1 aromatic heterocycles. The topological polar surface area (TPSA) is 50.9 Å². The van der Waals surface area contributed by atoms with E-state index < -0.39 is 0 Å². The van der Waals surface area contributed by atoms with Crippen LogP contribution in [-0.4, -0.2) is 20.1 Å². The molecule has 4 nitrogen and oxygen atoms in total. The van der Waals surface area contributed by atoms with E-state index in [2.05, 4.69) is 10.3 Å². The van der Waals surface area contributed by atoms with E-state index in [1.807, 2.05) is 0 Å². The van der Waals surface area contributed by atoms with Gasteiger partial charge in [0.1, 0.15) is 23.0 Å². The lowest BCUT2D eigenvalue weighted by Gasteiger charge is -2.09. The van der Waals surface area contributed by atoms with Crippen molar-refractivity contribution in [1.82, 2.24) is 15.0 Å². The first-order chi connectivity index (χ1) is 10.6. The molecule has 6 heteroatoms. The van der Waals surface area contributed by atoms with Gasteiger partial charge in [0.2, 0.25) is 0 Å². The highest BCUT2D eigenvalue weighted by atomic mass is 19.1. The molecule has 0 atom stereocenters. The Morgan fingerprint density at radius 1 is 1.09 bits per heavy atom. The average molecular weight is 301 g/mol. The molecular formula is C16H13F2N3O. The van der Waals surface area contributed by atoms with Crippen molar-refractivity contribution >= 4 is 0 Å². The van der Waals surface area contributed by atoms with E-state index in [0.717, 1.165) is 0 Å². The Bertz CT molecular complexity index is 813. The van der Waals surface area contributed by atoms with E-state index >= 15 is 0 Å². The van der Waals surface area contributed by atoms with Crippen molar-refractivity contribution in [3.63, 3.8) is 0 Å². The minimum Gasteiger partial charge on any atom is -0.390 e. The second kappa shape index (κ2) is 5.65. The Labute approximate surface area is 125 Å². The van der Waals surface area contributed by atoms with Crippen LogP contribution in [0.15, 0.2) is 42.5 Å². The maximum absolute atomic E-state index is 13.8. The van der Waals surface area contributed by atoms with Gasteiger partial charge < -0.3 is 5.11 Å². The van der Waals surface area contributed by atoms with E-state index in [1.54, 1.807) is 31.2 Å². The van der Waals surface area contributed by atoms with Gasteiger partial charge in [0.25, 0.3) is 0 Å². The molecule has 0 bridgehead atoms. The van der Waals surface area contributed by atoms with Gasteiger partial charge in [0.05, 0.1) is 12.3 Å². The normalized spacial score (nSPS) is 10.9. The van der Waals surface area contributed by atoms with Crippen molar-refractivity contribution in [2.75, 3.05) is 0 Å². The van der Waals surface area contributed by atoms with Crippen molar-refractivity contribution < 1.29 is 13.9 Å². The predicted molar refractivity (Wildman–Crippen MR) is 77.4 cm³/mol. The highest BCUT2D eigenvalue weighted by Crippen LogP contribution is 2.26. The SMILES string of the molecule is Cc1ccc(-n2nnc(CO)c2-c2ccc(F)cc2)cc1F. The summed E-state index contributed by atoms with van der Waals surface area (Å²) in [5.74, 6) is -0.724. The largest absolute Gasteiger partial charge is 0.390 e. The number of hydrogen-bond acceptors (Lipinski definition) is 3. The Kier molecular flexibility index (Phi) is 3.68. The first kappa shape index (κ1) is 14.3. The monoisotopic (exact) mass is 301 g/mol. The summed E-state index contributed by atoms with van der Waals surface area (Å²) in [4.78, 5) is 0. The summed E-state index contributed by atoms with van der Waals surface area (Å²) in [6, 6.07) is 10.4. The Morgan fingerprint density at radius 2 is 1.82 bits per heavy atom. The summed E-state index contributed by atoms with van der Waals surface area (Å²) >= 11 is 0. The van der Waals surface area contributed by atoms with Gasteiger partial charge in [-0.2, -0.15) is 0 Å². The fourth-order valence-corrected chi connectivity index (χ4v) is 2.21. The molecule has 0 unspecified atom stereocenters. The molecule has 0 spiro atoms. The number of halogens is 2. The lowest BCUT2D eigenvalue weighted by molar-refractivity contribution is 0.277. The number of aliphatic hydroxyl groups is 1. The summed E-state index contributed by atoms with van der Waals surface area (Å²) in [6.45, 7) is 1.35. The van der Waals surface area contributed by atoms with E-state index in [0.29, 0.717) is 28.2 Å². The second-order valence-electron chi connectivity index (χ2n) is 4.90. The van der Waals surface area contributed by atoms with E-state index in [9.17, 15) is 13.9 Å². The van der Waals surface area contributed by atoms with Gasteiger partial charge in [-0.15, -0.1) is 5.10 Å². The molecule has 112 valence electrons. The number of rotatable bonds is 3. The molecule has 1 heterocycles. The minimum atomic E-state index is -0.366. The molecule has 22 heavy (non-hydrogen) atoms. The first-order valence-electron chi connectivity index (χ1n) is 6.68. The van der Waals surface area contributed by atoms with Crippen LogP contribution in [-0.2, 0) is 6.61 Å². The third-order valence-corrected chi connectivity index (χ3v) is 3.41. The minimum absolute atomic E-state index is 0.318. The van der Waals surface area contributed by atoms with Crippen LogP contribution in [0, 0.1) is 18.6 Å². The van der Waals surface area contributed by atoms with Crippen LogP contribution in [0.25, 0.3) is 16.9 Å². The van der Waals surface area contributed by atoms with E-state index in [-0.39, 0.29) is 18.2 Å². The molecule has 2 aromatic carbocycles. The Hall–Kier alpha value is -2.60. The molecular weight excluding hydrogens is 288 g/mol. The molecule has 0 radical (unpaired) electrons. The van der Waals surface area contributed by atoms with Gasteiger partial charge >= 0.3 is 0 Å². The highest BCUT2D eigenvalue weighted by molar-refractivity contribution is 5.64. The van der Waals surface area contributed by atoms with Crippen molar-refractivity contribution in [3.05, 3.63) is 65.4 Å². The zero-order valence-corrected chi connectivity index (χ0v) is 11.8. The van der Waals surface area contributed by atoms with Crippen molar-refractivity contribution in [1.29, 1.82) is 0 Å². The van der Waals surface area contributed by atoms with Crippen LogP contribution in [0.5, 0.6) is 0 Å². The third-order valence-electron chi connectivity index (χ3n) is 3.41. The van der Waals surface area contributed by atoms with Crippen LogP contribution in [0.2, 0.25) is 0 Å². The first-order valence-corrected chi connectivity index (χ1v) is 6.68. The lowest BCUT2D eigenvalue weighted by Crippen LogP contribution is -2.01. The zero-order chi connectivity index (χ0) is 15.7. The molecule has 0 fully saturated rings. The number of aryl methyl sites for hydroxylation is 1. The molecule has 0 saturated heterocycles. The van der Waals surface area contributed by atoms with E-state index in [1.165, 1.54) is 22.9 Å². The second-order valence-corrected chi connectivity index (χ2v) is 4.90. The number of nitrogens with zero attached hydrogens (tertiary/aromatic N) is 3. The van der Waals surface area contributed by atoms with Gasteiger partial charge in [-0.25, -0.2) is 13.5 Å². The number of benzene rings is 2. The molecule has 0 aliphatic rings. The maximum Gasteiger partial charge on any atom is 0.128 e. The molecule has 3 rings (SSSR count). The molecule has 0 saturated carbocycles. The van der Waals surface area contributed by atoms with Crippen LogP contribution in [0.4, 0.5) is 8.78 Å². The van der Waals surface area contributed by atoms with Crippen molar-refractivity contribution in [3.8, 4) is 16.9 Å². The number of aliphatic hydroxyl groups excluding tert-OH is 1. The van der Waals surface area contributed by atoms with E-state index in [4.69, 9.17) is 0 Å². The predicted octanol–water partition coefficient (Wildman–Crippen LogP) is 3.01. The fourth-order valence-electron chi connectivity index (χ4n) is 2.21. The summed E-state index contributed by atoms with van der Waals surface area (Å²) in [6.07, 6.45) is 0. The zero-order valence-electron chi connectivity index (χ0n) is 11.8. The third kappa shape index (κ3) is 2.48. The quantitative estimate of drug-likeness (QED) is 0.809. The summed E-state index contributed by atoms with van der Waals surface area (Å²) < 4.78 is 28.3. The van der Waals surface area contributed by atoms with Crippen LogP contribution in [0.3, 0.4) is 0 Å². The molecule has 1 N–H and O–H groups in total. The average Bonchev–Trinajstić information content (AvgIpc) is 2.95. The molecule has 0 aliphatic heterocycles. The summed E-state index contributed by atoms with van der Waals surface area (Å²) in [5, 5.41) is 17.3. The smallest absolute Gasteiger partial charge is 0.128 e. The Balaban J connectivity index is 2.18. The summed E-state index contributed by atoms with van der Waals surface area (Å²) in [7, 11) is 0. The van der Waals surface area contributed by atoms with Gasteiger partial charge in [-0.1, -0.05) is 11.3 Å². The molecule has 0 aliphatic carbocycles. The Morgan fingerprint density at radius 3 is 2.45 bits per heavy atom. The van der Waals surface area contributed by atoms with Gasteiger partial charge in [0, 0.05) is 5.56 Å². The maximum atomic E-state index is 13.8. The van der Waals surface area contributed by atoms with Crippen molar-refractivity contribution in [2.24, 2.45) is 0 Å². The van der Waals surface area contributed by atoms with Gasteiger partial charge in [0.15, 0.2) is 0 Å². The summed E-state index contributed by atoms with van der Waals surface area (Å²) in [5.41, 5.74) is 2.49. The van der Waals surface area contributed by atoms with Gasteiger partial charge in [-0.05, 0) is 48.9 Å². The number of hydrogen-bond donors (Lipinski definition) is 1. The standard InChI is InChI=1S/C16H13F2N3O/c1-10-2-7-13(8-14(10)18)21-16(15(9-22)19-20-21)11-3-5-12(17)6-4-11/h2-8,22H,9H2,1H3.